The Hall–Kier alpha value is -1.70. The summed E-state index contributed by atoms with van der Waals surface area (Å²) in [6, 6.07) is 2.28. The van der Waals surface area contributed by atoms with Crippen LogP contribution in [0, 0.1) is 27.7 Å². The van der Waals surface area contributed by atoms with Gasteiger partial charge in [-0.1, -0.05) is 13.8 Å². The number of rotatable bonds is 2. The quantitative estimate of drug-likeness (QED) is 0.751. The molecular formula is C20H32N2+2. The van der Waals surface area contributed by atoms with Crippen molar-refractivity contribution in [3.05, 3.63) is 58.2 Å². The minimum absolute atomic E-state index is 1.13. The van der Waals surface area contributed by atoms with Crippen LogP contribution in [0.3, 0.4) is 0 Å². The van der Waals surface area contributed by atoms with Gasteiger partial charge in [0.2, 0.25) is 0 Å². The van der Waals surface area contributed by atoms with E-state index in [4.69, 9.17) is 0 Å². The molecule has 120 valence electrons. The highest BCUT2D eigenvalue weighted by Crippen LogP contribution is 2.11. The van der Waals surface area contributed by atoms with E-state index in [0.29, 0.717) is 0 Å². The number of pyridine rings is 2. The van der Waals surface area contributed by atoms with Gasteiger partial charge in [0.05, 0.1) is 0 Å². The fourth-order valence-electron chi connectivity index (χ4n) is 2.58. The van der Waals surface area contributed by atoms with Gasteiger partial charge in [-0.2, -0.15) is 0 Å². The third kappa shape index (κ3) is 4.66. The van der Waals surface area contributed by atoms with Crippen LogP contribution in [0.25, 0.3) is 0 Å². The molecule has 0 bridgehead atoms. The van der Waals surface area contributed by atoms with Crippen LogP contribution in [-0.4, -0.2) is 0 Å². The average molecular weight is 300 g/mol. The lowest BCUT2D eigenvalue weighted by Crippen LogP contribution is -2.33. The molecule has 0 unspecified atom stereocenters. The van der Waals surface area contributed by atoms with E-state index >= 15 is 0 Å². The predicted octanol–water partition coefficient (Wildman–Crippen LogP) is 3.38. The molecule has 0 fully saturated rings. The molecule has 0 atom stereocenters. The third-order valence-electron chi connectivity index (χ3n) is 4.54. The second-order valence-electron chi connectivity index (χ2n) is 6.18. The summed E-state index contributed by atoms with van der Waals surface area (Å²) in [5, 5.41) is 0. The molecule has 0 aliphatic heterocycles. The molecular weight excluding hydrogens is 268 g/mol. The Morgan fingerprint density at radius 1 is 0.773 bits per heavy atom. The van der Waals surface area contributed by atoms with Crippen molar-refractivity contribution in [2.75, 3.05) is 0 Å². The molecule has 0 aliphatic carbocycles. The Kier molecular flexibility index (Phi) is 6.73. The van der Waals surface area contributed by atoms with Gasteiger partial charge < -0.3 is 0 Å². The Morgan fingerprint density at radius 2 is 1.27 bits per heavy atom. The fraction of sp³-hybridized carbons (Fsp3) is 0.500. The molecule has 0 aromatic carbocycles. The van der Waals surface area contributed by atoms with E-state index in [1.807, 2.05) is 0 Å². The highest BCUT2D eigenvalue weighted by molar-refractivity contribution is 5.29. The molecule has 2 heterocycles. The topological polar surface area (TPSA) is 7.76 Å². The predicted molar refractivity (Wildman–Crippen MR) is 92.9 cm³/mol. The number of nitrogens with zero attached hydrogens (tertiary/aromatic N) is 2. The summed E-state index contributed by atoms with van der Waals surface area (Å²) in [6.07, 6.45) is 8.79. The Morgan fingerprint density at radius 3 is 1.73 bits per heavy atom. The normalized spacial score (nSPS) is 10.2. The highest BCUT2D eigenvalue weighted by atomic mass is 14.9. The molecule has 2 aromatic heterocycles. The molecule has 2 nitrogen and oxygen atoms in total. The summed E-state index contributed by atoms with van der Waals surface area (Å²) >= 11 is 0. The van der Waals surface area contributed by atoms with Crippen molar-refractivity contribution in [2.24, 2.45) is 14.1 Å². The van der Waals surface area contributed by atoms with Gasteiger partial charge in [0, 0.05) is 29.2 Å². The van der Waals surface area contributed by atoms with E-state index in [1.165, 1.54) is 33.5 Å². The van der Waals surface area contributed by atoms with Crippen LogP contribution in [0.2, 0.25) is 0 Å². The van der Waals surface area contributed by atoms with Gasteiger partial charge in [-0.25, -0.2) is 9.13 Å². The number of hydrogen-bond acceptors (Lipinski definition) is 0. The van der Waals surface area contributed by atoms with Gasteiger partial charge in [-0.3, -0.25) is 0 Å². The molecule has 2 rings (SSSR count). The minimum atomic E-state index is 1.13. The molecule has 0 saturated carbocycles. The first-order valence-electron chi connectivity index (χ1n) is 8.21. The summed E-state index contributed by atoms with van der Waals surface area (Å²) < 4.78 is 4.31. The van der Waals surface area contributed by atoms with E-state index in [9.17, 15) is 0 Å². The van der Waals surface area contributed by atoms with Crippen molar-refractivity contribution < 1.29 is 9.13 Å². The zero-order chi connectivity index (χ0) is 16.9. The smallest absolute Gasteiger partial charge is 0.181 e. The molecule has 0 N–H and O–H groups in total. The molecule has 22 heavy (non-hydrogen) atoms. The lowest BCUT2D eigenvalue weighted by molar-refractivity contribution is -0.678. The maximum Gasteiger partial charge on any atom is 0.181 e. The Labute approximate surface area is 136 Å². The first kappa shape index (κ1) is 18.3. The Bertz CT molecular complexity index is 594. The molecule has 0 aliphatic rings. The molecule has 2 heteroatoms. The number of aromatic nitrogens is 2. The lowest BCUT2D eigenvalue weighted by atomic mass is 10.1. The number of aryl methyl sites for hydroxylation is 5. The zero-order valence-electron chi connectivity index (χ0n) is 15.6. The van der Waals surface area contributed by atoms with Gasteiger partial charge in [-0.15, -0.1) is 0 Å². The fourth-order valence-corrected chi connectivity index (χ4v) is 2.58. The minimum Gasteiger partial charge on any atom is -0.207 e. The average Bonchev–Trinajstić information content (AvgIpc) is 2.50. The van der Waals surface area contributed by atoms with Gasteiger partial charge in [0.15, 0.2) is 24.3 Å². The van der Waals surface area contributed by atoms with Crippen LogP contribution in [0.4, 0.5) is 0 Å². The van der Waals surface area contributed by atoms with Crippen molar-refractivity contribution in [1.29, 1.82) is 0 Å². The van der Waals surface area contributed by atoms with Gasteiger partial charge in [-0.05, 0) is 45.2 Å². The third-order valence-corrected chi connectivity index (χ3v) is 4.54. The number of hydrogen-bond donors (Lipinski definition) is 0. The van der Waals surface area contributed by atoms with E-state index < -0.39 is 0 Å². The van der Waals surface area contributed by atoms with Crippen LogP contribution in [-0.2, 0) is 26.9 Å². The molecule has 0 saturated heterocycles. The van der Waals surface area contributed by atoms with E-state index in [1.54, 1.807) is 0 Å². The van der Waals surface area contributed by atoms with Gasteiger partial charge in [0.25, 0.3) is 0 Å². The standard InChI is InChI=1S/2C10H16N/c1-7-6-11(5)10(4)9(3)8(7)2;1-4-9-6-10(5-2)8-11(3)7-9/h6H,1-5H3;6-8H,4-5H2,1-3H3/q2*+1. The largest absolute Gasteiger partial charge is 0.207 e. The first-order valence-corrected chi connectivity index (χ1v) is 8.21. The van der Waals surface area contributed by atoms with E-state index in [0.717, 1.165) is 12.8 Å². The van der Waals surface area contributed by atoms with Crippen LogP contribution < -0.4 is 9.13 Å². The van der Waals surface area contributed by atoms with Crippen molar-refractivity contribution in [3.8, 4) is 0 Å². The van der Waals surface area contributed by atoms with Gasteiger partial charge >= 0.3 is 0 Å². The van der Waals surface area contributed by atoms with Gasteiger partial charge in [0.1, 0.15) is 14.1 Å². The van der Waals surface area contributed by atoms with Crippen molar-refractivity contribution in [1.82, 2.24) is 0 Å². The lowest BCUT2D eigenvalue weighted by Gasteiger charge is -2.04. The van der Waals surface area contributed by atoms with E-state index in [-0.39, 0.29) is 0 Å². The van der Waals surface area contributed by atoms with Crippen LogP contribution in [0.15, 0.2) is 24.7 Å². The van der Waals surface area contributed by atoms with Crippen LogP contribution >= 0.6 is 0 Å². The summed E-state index contributed by atoms with van der Waals surface area (Å²) in [6.45, 7) is 13.0. The maximum atomic E-state index is 2.28. The molecule has 2 aromatic rings. The summed E-state index contributed by atoms with van der Waals surface area (Å²) in [5.74, 6) is 0. The molecule has 0 spiro atoms. The zero-order valence-corrected chi connectivity index (χ0v) is 15.6. The maximum absolute atomic E-state index is 2.28. The SMILES string of the molecule is CCc1cc(CC)c[n+](C)c1.Cc1c[n+](C)c(C)c(C)c1C. The summed E-state index contributed by atoms with van der Waals surface area (Å²) in [7, 11) is 4.17. The monoisotopic (exact) mass is 300 g/mol. The summed E-state index contributed by atoms with van der Waals surface area (Å²) in [5.41, 5.74) is 8.40. The molecule has 0 amide bonds. The molecule has 0 radical (unpaired) electrons. The van der Waals surface area contributed by atoms with Crippen molar-refractivity contribution in [3.63, 3.8) is 0 Å². The van der Waals surface area contributed by atoms with Crippen molar-refractivity contribution in [2.45, 2.75) is 54.4 Å². The second kappa shape index (κ2) is 8.07. The first-order chi connectivity index (χ1) is 10.3. The van der Waals surface area contributed by atoms with E-state index in [2.05, 4.69) is 89.4 Å². The highest BCUT2D eigenvalue weighted by Gasteiger charge is 2.09. The van der Waals surface area contributed by atoms with Crippen LogP contribution in [0.1, 0.15) is 47.4 Å². The van der Waals surface area contributed by atoms with Crippen LogP contribution in [0.5, 0.6) is 0 Å². The van der Waals surface area contributed by atoms with Crippen molar-refractivity contribution >= 4 is 0 Å². The second-order valence-corrected chi connectivity index (χ2v) is 6.18. The Balaban J connectivity index is 0.000000220. The summed E-state index contributed by atoms with van der Waals surface area (Å²) in [4.78, 5) is 0.